The molecule has 1 atom stereocenters. The Balaban J connectivity index is 1.47. The van der Waals surface area contributed by atoms with Crippen LogP contribution in [0.2, 0.25) is 0 Å². The molecule has 7 heteroatoms. The molecule has 2 amide bonds. The molecule has 0 saturated heterocycles. The molecule has 250 valence electrons. The summed E-state index contributed by atoms with van der Waals surface area (Å²) in [5, 5.41) is 2.93. The van der Waals surface area contributed by atoms with Gasteiger partial charge in [0.15, 0.2) is 0 Å². The molecule has 1 aromatic rings. The van der Waals surface area contributed by atoms with Gasteiger partial charge in [0, 0.05) is 18.9 Å². The van der Waals surface area contributed by atoms with Crippen molar-refractivity contribution in [3.63, 3.8) is 0 Å². The van der Waals surface area contributed by atoms with Crippen LogP contribution in [-0.2, 0) is 25.5 Å². The number of nitrogens with zero attached hydrogens (tertiary/aromatic N) is 2. The van der Waals surface area contributed by atoms with Gasteiger partial charge >= 0.3 is 5.97 Å². The molecule has 1 heterocycles. The molecule has 1 aliphatic heterocycles. The van der Waals surface area contributed by atoms with E-state index in [1.807, 2.05) is 32.9 Å². The number of hydrogen-bond donors (Lipinski definition) is 1. The van der Waals surface area contributed by atoms with Gasteiger partial charge in [0.25, 0.3) is 5.91 Å². The van der Waals surface area contributed by atoms with Gasteiger partial charge in [0.2, 0.25) is 5.91 Å². The Morgan fingerprint density at radius 2 is 1.60 bits per heavy atom. The van der Waals surface area contributed by atoms with Crippen molar-refractivity contribution >= 4 is 23.5 Å². The van der Waals surface area contributed by atoms with Crippen molar-refractivity contribution in [2.24, 2.45) is 27.7 Å². The van der Waals surface area contributed by atoms with E-state index in [-0.39, 0.29) is 47.5 Å². The number of rotatable bonds is 11. The second-order valence-electron chi connectivity index (χ2n) is 17.1. The summed E-state index contributed by atoms with van der Waals surface area (Å²) in [5.74, 6) is 0.802. The van der Waals surface area contributed by atoms with Crippen LogP contribution in [0.1, 0.15) is 144 Å². The zero-order valence-corrected chi connectivity index (χ0v) is 29.6. The van der Waals surface area contributed by atoms with Crippen LogP contribution in [0.15, 0.2) is 29.3 Å². The topological polar surface area (TPSA) is 88.1 Å². The van der Waals surface area contributed by atoms with Crippen LogP contribution < -0.4 is 5.32 Å². The van der Waals surface area contributed by atoms with E-state index < -0.39 is 11.3 Å². The largest absolute Gasteiger partial charge is 0.460 e. The molecular weight excluding hydrogens is 562 g/mol. The fourth-order valence-corrected chi connectivity index (χ4v) is 6.96. The van der Waals surface area contributed by atoms with Gasteiger partial charge in [0.05, 0.1) is 12.5 Å². The van der Waals surface area contributed by atoms with Crippen molar-refractivity contribution in [1.82, 2.24) is 10.2 Å². The van der Waals surface area contributed by atoms with Crippen molar-refractivity contribution in [3.05, 3.63) is 35.4 Å². The molecule has 4 rings (SSSR count). The van der Waals surface area contributed by atoms with Crippen molar-refractivity contribution in [3.8, 4) is 0 Å². The van der Waals surface area contributed by atoms with E-state index in [4.69, 9.17) is 9.73 Å². The summed E-state index contributed by atoms with van der Waals surface area (Å²) in [4.78, 5) is 46.4. The van der Waals surface area contributed by atoms with E-state index in [0.29, 0.717) is 24.8 Å². The highest BCUT2D eigenvalue weighted by molar-refractivity contribution is 6.41. The minimum atomic E-state index is -0.501. The third kappa shape index (κ3) is 9.65. The maximum absolute atomic E-state index is 14.2. The summed E-state index contributed by atoms with van der Waals surface area (Å²) >= 11 is 0. The average molecular weight is 622 g/mol. The molecule has 1 N–H and O–H groups in total. The zero-order valence-electron chi connectivity index (χ0n) is 29.6. The van der Waals surface area contributed by atoms with E-state index in [1.165, 1.54) is 0 Å². The van der Waals surface area contributed by atoms with Gasteiger partial charge in [-0.25, -0.2) is 0 Å². The average Bonchev–Trinajstić information content (AvgIpc) is 3.72. The number of hydrogen-bond acceptors (Lipinski definition) is 5. The standard InChI is InChI=1S/C38H59N3O4/c1-35(2,3)21-20-30(27-14-12-26(13-15-27)25-31(42)39-24-10-11-32(43)45-37(7,8)9)41-34(44)33(28-16-17-28)40-38(41)22-18-29(19-23-38)36(4,5)6/h12-15,28-30H,10-11,16-25H2,1-9H3,(H,39,42). The summed E-state index contributed by atoms with van der Waals surface area (Å²) in [6.07, 6.45) is 9.15. The predicted octanol–water partition coefficient (Wildman–Crippen LogP) is 7.96. The highest BCUT2D eigenvalue weighted by Crippen LogP contribution is 2.51. The number of amides is 2. The van der Waals surface area contributed by atoms with Crippen LogP contribution in [-0.4, -0.2) is 46.2 Å². The molecule has 0 aromatic heterocycles. The fraction of sp³-hybridized carbons (Fsp3) is 0.737. The van der Waals surface area contributed by atoms with Gasteiger partial charge < -0.3 is 15.0 Å². The first-order valence-electron chi connectivity index (χ1n) is 17.4. The lowest BCUT2D eigenvalue weighted by atomic mass is 9.69. The summed E-state index contributed by atoms with van der Waals surface area (Å²) in [7, 11) is 0. The van der Waals surface area contributed by atoms with Crippen molar-refractivity contribution in [1.29, 1.82) is 0 Å². The van der Waals surface area contributed by atoms with E-state index >= 15 is 0 Å². The number of ether oxygens (including phenoxy) is 1. The van der Waals surface area contributed by atoms with E-state index in [9.17, 15) is 14.4 Å². The lowest BCUT2D eigenvalue weighted by Gasteiger charge is -2.48. The lowest BCUT2D eigenvalue weighted by Crippen LogP contribution is -2.51. The monoisotopic (exact) mass is 621 g/mol. The lowest BCUT2D eigenvalue weighted by molar-refractivity contribution is -0.155. The first kappa shape index (κ1) is 35.2. The second-order valence-corrected chi connectivity index (χ2v) is 17.1. The SMILES string of the molecule is CC(C)(C)CCC(c1ccc(CC(=O)NCCCC(=O)OC(C)(C)C)cc1)N1C(=O)C(C2CC2)=NC12CCC(C(C)(C)C)CC2. The molecule has 2 aliphatic carbocycles. The number of nitrogens with one attached hydrogen (secondary N) is 1. The highest BCUT2D eigenvalue weighted by Gasteiger charge is 2.54. The van der Waals surface area contributed by atoms with Gasteiger partial charge in [-0.1, -0.05) is 65.8 Å². The van der Waals surface area contributed by atoms with Crippen LogP contribution >= 0.6 is 0 Å². The molecule has 3 aliphatic rings. The molecule has 7 nitrogen and oxygen atoms in total. The van der Waals surface area contributed by atoms with E-state index in [2.05, 4.69) is 63.9 Å². The van der Waals surface area contributed by atoms with Crippen molar-refractivity contribution in [2.45, 2.75) is 150 Å². The minimum Gasteiger partial charge on any atom is -0.460 e. The molecule has 2 saturated carbocycles. The van der Waals surface area contributed by atoms with Crippen LogP contribution in [0, 0.1) is 22.7 Å². The molecule has 1 spiro atoms. The van der Waals surface area contributed by atoms with Gasteiger partial charge in [0.1, 0.15) is 17.0 Å². The van der Waals surface area contributed by atoms with Crippen LogP contribution in [0.5, 0.6) is 0 Å². The van der Waals surface area contributed by atoms with Crippen molar-refractivity contribution < 1.29 is 19.1 Å². The summed E-state index contributed by atoms with van der Waals surface area (Å²) in [6, 6.07) is 8.25. The Hall–Kier alpha value is -2.70. The normalized spacial score (nSPS) is 23.2. The van der Waals surface area contributed by atoms with Gasteiger partial charge in [-0.05, 0) is 106 Å². The molecular formula is C38H59N3O4. The quantitative estimate of drug-likeness (QED) is 0.201. The molecule has 1 unspecified atom stereocenters. The van der Waals surface area contributed by atoms with Crippen LogP contribution in [0.3, 0.4) is 0 Å². The molecule has 0 radical (unpaired) electrons. The molecule has 45 heavy (non-hydrogen) atoms. The zero-order chi connectivity index (χ0) is 33.2. The van der Waals surface area contributed by atoms with Gasteiger partial charge in [-0.3, -0.25) is 19.4 Å². The Morgan fingerprint density at radius 3 is 2.13 bits per heavy atom. The number of esters is 1. The number of benzene rings is 1. The predicted molar refractivity (Wildman–Crippen MR) is 181 cm³/mol. The molecule has 2 fully saturated rings. The smallest absolute Gasteiger partial charge is 0.306 e. The van der Waals surface area contributed by atoms with Gasteiger partial charge in [-0.15, -0.1) is 0 Å². The first-order chi connectivity index (χ1) is 20.9. The molecule has 0 bridgehead atoms. The minimum absolute atomic E-state index is 0.0568. The summed E-state index contributed by atoms with van der Waals surface area (Å²) in [5.41, 5.74) is 2.32. The fourth-order valence-electron chi connectivity index (χ4n) is 6.96. The number of carbonyl (C=O) groups is 3. The maximum atomic E-state index is 14.2. The van der Waals surface area contributed by atoms with E-state index in [1.54, 1.807) is 0 Å². The van der Waals surface area contributed by atoms with E-state index in [0.717, 1.165) is 68.2 Å². The second kappa shape index (κ2) is 13.6. The third-order valence-electron chi connectivity index (χ3n) is 9.70. The third-order valence-corrected chi connectivity index (χ3v) is 9.70. The Kier molecular flexibility index (Phi) is 10.6. The van der Waals surface area contributed by atoms with Gasteiger partial charge in [-0.2, -0.15) is 0 Å². The Bertz CT molecular complexity index is 1230. The highest BCUT2D eigenvalue weighted by atomic mass is 16.6. The molecule has 1 aromatic carbocycles. The van der Waals surface area contributed by atoms with Crippen molar-refractivity contribution in [2.75, 3.05) is 6.54 Å². The summed E-state index contributed by atoms with van der Waals surface area (Å²) in [6.45, 7) is 19.8. The van der Waals surface area contributed by atoms with Crippen LogP contribution in [0.25, 0.3) is 0 Å². The Labute approximate surface area is 272 Å². The summed E-state index contributed by atoms with van der Waals surface area (Å²) < 4.78 is 5.34. The Morgan fingerprint density at radius 1 is 0.978 bits per heavy atom. The first-order valence-corrected chi connectivity index (χ1v) is 17.4. The maximum Gasteiger partial charge on any atom is 0.306 e. The number of carbonyl (C=O) groups excluding carboxylic acids is 3. The van der Waals surface area contributed by atoms with Crippen LogP contribution in [0.4, 0.5) is 0 Å². The number of aliphatic imine (C=N–C) groups is 1.